The molecule has 0 N–H and O–H groups in total. The van der Waals surface area contributed by atoms with Gasteiger partial charge in [-0.05, 0) is 17.5 Å². The van der Waals surface area contributed by atoms with Crippen molar-refractivity contribution in [2.45, 2.75) is 37.9 Å². The van der Waals surface area contributed by atoms with Crippen LogP contribution in [-0.2, 0) is 9.53 Å². The van der Waals surface area contributed by atoms with Gasteiger partial charge in [-0.1, -0.05) is 74.0 Å². The van der Waals surface area contributed by atoms with E-state index in [0.29, 0.717) is 12.4 Å². The van der Waals surface area contributed by atoms with E-state index < -0.39 is 0 Å². The quantitative estimate of drug-likeness (QED) is 0.775. The zero-order chi connectivity index (χ0) is 16.9. The second kappa shape index (κ2) is 7.73. The average molecular weight is 323 g/mol. The molecule has 1 heterocycles. The molecule has 0 bridgehead atoms. The highest BCUT2D eigenvalue weighted by Gasteiger charge is 2.50. The summed E-state index contributed by atoms with van der Waals surface area (Å²) in [6, 6.07) is 20.8. The van der Waals surface area contributed by atoms with Crippen LogP contribution in [0.4, 0.5) is 0 Å². The lowest BCUT2D eigenvalue weighted by Crippen LogP contribution is -2.67. The highest BCUT2D eigenvalue weighted by molar-refractivity contribution is 5.95. The van der Waals surface area contributed by atoms with Gasteiger partial charge in [-0.25, -0.2) is 0 Å². The molecular formula is C21H25NO2. The van der Waals surface area contributed by atoms with Crippen molar-refractivity contribution in [1.82, 2.24) is 4.90 Å². The van der Waals surface area contributed by atoms with Gasteiger partial charge >= 0.3 is 0 Å². The fourth-order valence-electron chi connectivity index (χ4n) is 3.71. The molecule has 3 heteroatoms. The normalized spacial score (nSPS) is 21.0. The van der Waals surface area contributed by atoms with Crippen LogP contribution in [0.25, 0.3) is 0 Å². The van der Waals surface area contributed by atoms with Gasteiger partial charge in [0, 0.05) is 7.11 Å². The van der Waals surface area contributed by atoms with Crippen molar-refractivity contribution < 1.29 is 9.53 Å². The summed E-state index contributed by atoms with van der Waals surface area (Å²) in [4.78, 5) is 14.9. The Morgan fingerprint density at radius 3 is 1.96 bits per heavy atom. The number of hydrogen-bond acceptors (Lipinski definition) is 3. The van der Waals surface area contributed by atoms with Crippen LogP contribution >= 0.6 is 0 Å². The van der Waals surface area contributed by atoms with Crippen LogP contribution in [0.2, 0.25) is 0 Å². The number of benzene rings is 2. The minimum Gasteiger partial charge on any atom is -0.383 e. The third-order valence-corrected chi connectivity index (χ3v) is 4.79. The molecule has 3 nitrogen and oxygen atoms in total. The van der Waals surface area contributed by atoms with Crippen molar-refractivity contribution >= 4 is 5.78 Å². The minimum absolute atomic E-state index is 0.0134. The summed E-state index contributed by atoms with van der Waals surface area (Å²) >= 11 is 0. The molecule has 2 aromatic carbocycles. The monoisotopic (exact) mass is 323 g/mol. The summed E-state index contributed by atoms with van der Waals surface area (Å²) in [5.74, 6) is 0.315. The summed E-state index contributed by atoms with van der Waals surface area (Å²) < 4.78 is 5.33. The predicted octanol–water partition coefficient (Wildman–Crippen LogP) is 3.84. The smallest absolute Gasteiger partial charge is 0.169 e. The molecule has 0 aliphatic carbocycles. The van der Waals surface area contributed by atoms with Crippen molar-refractivity contribution in [3.63, 3.8) is 0 Å². The van der Waals surface area contributed by atoms with E-state index in [-0.39, 0.29) is 18.1 Å². The zero-order valence-corrected chi connectivity index (χ0v) is 14.4. The van der Waals surface area contributed by atoms with Gasteiger partial charge in [-0.15, -0.1) is 0 Å². The van der Waals surface area contributed by atoms with E-state index in [1.54, 1.807) is 7.11 Å². The number of nitrogens with zero attached hydrogens (tertiary/aromatic N) is 1. The summed E-state index contributed by atoms with van der Waals surface area (Å²) in [6.45, 7) is 2.59. The summed E-state index contributed by atoms with van der Waals surface area (Å²) in [5, 5.41) is 0. The van der Waals surface area contributed by atoms with Gasteiger partial charge in [0.2, 0.25) is 0 Å². The maximum absolute atomic E-state index is 12.6. The first-order valence-electron chi connectivity index (χ1n) is 8.68. The number of ether oxygens (including phenoxy) is 1. The van der Waals surface area contributed by atoms with Gasteiger partial charge in [0.15, 0.2) is 5.78 Å². The molecule has 2 atom stereocenters. The second-order valence-corrected chi connectivity index (χ2v) is 6.35. The molecule has 1 fully saturated rings. The zero-order valence-electron chi connectivity index (χ0n) is 14.4. The SMILES string of the molecule is CCC[C@H]1C(=O)[C@@H](COC)N1C(c1ccccc1)c1ccccc1. The van der Waals surface area contributed by atoms with Gasteiger partial charge < -0.3 is 4.74 Å². The van der Waals surface area contributed by atoms with Crippen LogP contribution in [0.1, 0.15) is 36.9 Å². The minimum atomic E-state index is -0.156. The standard InChI is InChI=1S/C21H25NO2/c1-3-10-18-21(23)19(15-24-2)22(18)20(16-11-6-4-7-12-16)17-13-8-5-9-14-17/h4-9,11-14,18-20H,3,10,15H2,1-2H3/t18-,19+/m0/s1. The van der Waals surface area contributed by atoms with Crippen LogP contribution in [0.5, 0.6) is 0 Å². The molecule has 0 spiro atoms. The number of likely N-dealkylation sites (tertiary alicyclic amines) is 1. The fourth-order valence-corrected chi connectivity index (χ4v) is 3.71. The van der Waals surface area contributed by atoms with E-state index in [1.165, 1.54) is 11.1 Å². The van der Waals surface area contributed by atoms with E-state index >= 15 is 0 Å². The van der Waals surface area contributed by atoms with Crippen LogP contribution in [0.3, 0.4) is 0 Å². The van der Waals surface area contributed by atoms with Crippen LogP contribution in [0, 0.1) is 0 Å². The first kappa shape index (κ1) is 16.9. The molecule has 0 saturated carbocycles. The molecule has 3 rings (SSSR count). The summed E-state index contributed by atoms with van der Waals surface area (Å²) in [5.41, 5.74) is 2.44. The lowest BCUT2D eigenvalue weighted by molar-refractivity contribution is -0.152. The largest absolute Gasteiger partial charge is 0.383 e. The van der Waals surface area contributed by atoms with Gasteiger partial charge in [0.25, 0.3) is 0 Å². The molecule has 1 saturated heterocycles. The molecular weight excluding hydrogens is 298 g/mol. The van der Waals surface area contributed by atoms with Crippen molar-refractivity contribution in [1.29, 1.82) is 0 Å². The Kier molecular flexibility index (Phi) is 5.44. The van der Waals surface area contributed by atoms with Gasteiger partial charge in [-0.2, -0.15) is 0 Å². The van der Waals surface area contributed by atoms with E-state index in [1.807, 2.05) is 12.1 Å². The molecule has 1 aliphatic heterocycles. The predicted molar refractivity (Wildman–Crippen MR) is 95.9 cm³/mol. The Morgan fingerprint density at radius 1 is 0.958 bits per heavy atom. The van der Waals surface area contributed by atoms with E-state index in [2.05, 4.69) is 60.4 Å². The Labute approximate surface area is 144 Å². The first-order valence-corrected chi connectivity index (χ1v) is 8.68. The van der Waals surface area contributed by atoms with Crippen molar-refractivity contribution in [3.8, 4) is 0 Å². The number of carbonyl (C=O) groups is 1. The molecule has 0 radical (unpaired) electrons. The molecule has 0 aromatic heterocycles. The van der Waals surface area contributed by atoms with Crippen LogP contribution in [-0.4, -0.2) is 36.5 Å². The Balaban J connectivity index is 2.01. The molecule has 24 heavy (non-hydrogen) atoms. The Hall–Kier alpha value is -1.97. The van der Waals surface area contributed by atoms with Crippen LogP contribution in [0.15, 0.2) is 60.7 Å². The number of carbonyl (C=O) groups excluding carboxylic acids is 1. The van der Waals surface area contributed by atoms with Crippen LogP contribution < -0.4 is 0 Å². The number of methoxy groups -OCH3 is 1. The van der Waals surface area contributed by atoms with E-state index in [4.69, 9.17) is 4.74 Å². The maximum atomic E-state index is 12.6. The van der Waals surface area contributed by atoms with Crippen molar-refractivity contribution in [2.24, 2.45) is 0 Å². The Morgan fingerprint density at radius 2 is 1.50 bits per heavy atom. The van der Waals surface area contributed by atoms with Gasteiger partial charge in [-0.3, -0.25) is 9.69 Å². The maximum Gasteiger partial charge on any atom is 0.169 e. The van der Waals surface area contributed by atoms with Gasteiger partial charge in [0.1, 0.15) is 0 Å². The number of Topliss-reactive ketones (excluding diaryl/α,β-unsaturated/α-hetero) is 1. The summed E-state index contributed by atoms with van der Waals surface area (Å²) in [7, 11) is 1.67. The lowest BCUT2D eigenvalue weighted by atomic mass is 9.82. The molecule has 126 valence electrons. The van der Waals surface area contributed by atoms with E-state index in [0.717, 1.165) is 12.8 Å². The number of ketones is 1. The van der Waals surface area contributed by atoms with Crippen molar-refractivity contribution in [2.75, 3.05) is 13.7 Å². The molecule has 0 amide bonds. The topological polar surface area (TPSA) is 29.5 Å². The lowest BCUT2D eigenvalue weighted by Gasteiger charge is -2.51. The highest BCUT2D eigenvalue weighted by atomic mass is 16.5. The number of hydrogen-bond donors (Lipinski definition) is 0. The number of rotatable bonds is 7. The second-order valence-electron chi connectivity index (χ2n) is 6.35. The first-order chi connectivity index (χ1) is 11.8. The summed E-state index contributed by atoms with van der Waals surface area (Å²) in [6.07, 6.45) is 1.90. The highest BCUT2D eigenvalue weighted by Crippen LogP contribution is 2.39. The molecule has 0 unspecified atom stereocenters. The van der Waals surface area contributed by atoms with Crippen molar-refractivity contribution in [3.05, 3.63) is 71.8 Å². The van der Waals surface area contributed by atoms with Gasteiger partial charge in [0.05, 0.1) is 24.7 Å². The third kappa shape index (κ3) is 3.14. The molecule has 2 aromatic rings. The fraction of sp³-hybridized carbons (Fsp3) is 0.381. The molecule has 1 aliphatic rings. The average Bonchev–Trinajstić information content (AvgIpc) is 2.64. The third-order valence-electron chi connectivity index (χ3n) is 4.79. The van der Waals surface area contributed by atoms with E-state index in [9.17, 15) is 4.79 Å². The Bertz CT molecular complexity index is 601.